The fourth-order valence-corrected chi connectivity index (χ4v) is 4.64. The van der Waals surface area contributed by atoms with Crippen molar-refractivity contribution in [3.8, 4) is 0 Å². The van der Waals surface area contributed by atoms with E-state index in [0.29, 0.717) is 11.3 Å². The largest absolute Gasteiger partial charge is 0.325 e. The first kappa shape index (κ1) is 25.7. The fraction of sp³-hybridized carbons (Fsp3) is 0.103. The van der Waals surface area contributed by atoms with Crippen molar-refractivity contribution in [1.82, 2.24) is 0 Å². The van der Waals surface area contributed by atoms with Crippen molar-refractivity contribution < 1.29 is 14.5 Å². The van der Waals surface area contributed by atoms with Crippen molar-refractivity contribution in [3.63, 3.8) is 0 Å². The van der Waals surface area contributed by atoms with Gasteiger partial charge < -0.3 is 10.6 Å². The monoisotopic (exact) mass is 511 g/mol. The minimum absolute atomic E-state index is 0.0764. The van der Waals surface area contributed by atoms with E-state index in [1.807, 2.05) is 74.5 Å². The van der Waals surface area contributed by atoms with Gasteiger partial charge in [0.25, 0.3) is 11.6 Å². The number of nitro benzene ring substituents is 1. The number of carbonyl (C=O) groups is 2. The number of nitrogens with one attached hydrogen (secondary N) is 2. The summed E-state index contributed by atoms with van der Waals surface area (Å²) in [4.78, 5) is 37.0. The average molecular weight is 512 g/mol. The number of hydrogen-bond acceptors (Lipinski definition) is 5. The highest BCUT2D eigenvalue weighted by Crippen LogP contribution is 2.37. The number of benzene rings is 4. The van der Waals surface area contributed by atoms with Gasteiger partial charge in [-0.15, -0.1) is 11.8 Å². The van der Waals surface area contributed by atoms with E-state index in [1.165, 1.54) is 36.0 Å². The molecule has 2 N–H and O–H groups in total. The summed E-state index contributed by atoms with van der Waals surface area (Å²) in [5.74, 6) is -0.500. The Morgan fingerprint density at radius 2 is 1.43 bits per heavy atom. The van der Waals surface area contributed by atoms with E-state index in [4.69, 9.17) is 0 Å². The standard InChI is InChI=1S/C29H25N3O4S/c1-19-8-11-24(18-20(19)2)31-29(34)27(21-6-4-3-5-7-21)37-26-16-12-23(13-17-26)30-28(33)22-9-14-25(15-10-22)32(35)36/h3-18,27H,1-2H3,(H,30,33)(H,31,34). The van der Waals surface area contributed by atoms with Crippen molar-refractivity contribution in [2.45, 2.75) is 24.0 Å². The number of amides is 2. The number of nitrogens with zero attached hydrogens (tertiary/aromatic N) is 1. The first-order valence-corrected chi connectivity index (χ1v) is 12.4. The molecule has 1 unspecified atom stereocenters. The molecule has 4 rings (SSSR count). The van der Waals surface area contributed by atoms with E-state index in [1.54, 1.807) is 12.1 Å². The molecule has 4 aromatic rings. The molecule has 0 aliphatic rings. The van der Waals surface area contributed by atoms with Gasteiger partial charge in [0.05, 0.1) is 4.92 Å². The smallest absolute Gasteiger partial charge is 0.269 e. The zero-order valence-corrected chi connectivity index (χ0v) is 21.1. The second-order valence-electron chi connectivity index (χ2n) is 8.48. The number of anilines is 2. The number of aryl methyl sites for hydroxylation is 2. The van der Waals surface area contributed by atoms with Crippen LogP contribution < -0.4 is 10.6 Å². The van der Waals surface area contributed by atoms with Crippen LogP contribution in [0.1, 0.15) is 32.3 Å². The first-order chi connectivity index (χ1) is 17.8. The zero-order valence-electron chi connectivity index (χ0n) is 20.3. The minimum atomic E-state index is -0.511. The molecule has 0 bridgehead atoms. The molecule has 1 atom stereocenters. The maximum atomic E-state index is 13.3. The van der Waals surface area contributed by atoms with Crippen molar-refractivity contribution in [1.29, 1.82) is 0 Å². The SMILES string of the molecule is Cc1ccc(NC(=O)C(Sc2ccc(NC(=O)c3ccc([N+](=O)[O-])cc3)cc2)c2ccccc2)cc1C. The Balaban J connectivity index is 1.47. The molecule has 0 radical (unpaired) electrons. The molecular weight excluding hydrogens is 486 g/mol. The molecule has 186 valence electrons. The van der Waals surface area contributed by atoms with E-state index in [9.17, 15) is 19.7 Å². The summed E-state index contributed by atoms with van der Waals surface area (Å²) < 4.78 is 0. The van der Waals surface area contributed by atoms with Gasteiger partial charge in [-0.05, 0) is 79.1 Å². The Morgan fingerprint density at radius 1 is 0.784 bits per heavy atom. The summed E-state index contributed by atoms with van der Waals surface area (Å²) in [5.41, 5.74) is 4.70. The van der Waals surface area contributed by atoms with Crippen LogP contribution in [0.25, 0.3) is 0 Å². The number of thioether (sulfide) groups is 1. The first-order valence-electron chi connectivity index (χ1n) is 11.6. The zero-order chi connectivity index (χ0) is 26.4. The summed E-state index contributed by atoms with van der Waals surface area (Å²) in [6.07, 6.45) is 0. The molecule has 0 heterocycles. The normalized spacial score (nSPS) is 11.4. The summed E-state index contributed by atoms with van der Waals surface area (Å²) in [6, 6.07) is 28.0. The Labute approximate surface area is 219 Å². The van der Waals surface area contributed by atoms with Gasteiger partial charge in [-0.2, -0.15) is 0 Å². The summed E-state index contributed by atoms with van der Waals surface area (Å²) in [6.45, 7) is 4.04. The molecule has 0 aliphatic heterocycles. The van der Waals surface area contributed by atoms with E-state index in [-0.39, 0.29) is 17.5 Å². The van der Waals surface area contributed by atoms with Gasteiger partial charge in [0.1, 0.15) is 5.25 Å². The number of carbonyl (C=O) groups excluding carboxylic acids is 2. The second-order valence-corrected chi connectivity index (χ2v) is 9.66. The van der Waals surface area contributed by atoms with Crippen molar-refractivity contribution in [2.75, 3.05) is 10.6 Å². The van der Waals surface area contributed by atoms with Crippen LogP contribution in [-0.4, -0.2) is 16.7 Å². The molecule has 0 saturated carbocycles. The van der Waals surface area contributed by atoms with E-state index < -0.39 is 10.2 Å². The molecule has 0 saturated heterocycles. The number of hydrogen-bond donors (Lipinski definition) is 2. The van der Waals surface area contributed by atoms with Crippen LogP contribution in [0.2, 0.25) is 0 Å². The molecule has 0 aromatic heterocycles. The molecule has 0 spiro atoms. The molecule has 7 nitrogen and oxygen atoms in total. The van der Waals surface area contributed by atoms with E-state index in [2.05, 4.69) is 10.6 Å². The average Bonchev–Trinajstić information content (AvgIpc) is 2.90. The molecule has 0 aliphatic carbocycles. The van der Waals surface area contributed by atoms with Crippen molar-refractivity contribution in [2.24, 2.45) is 0 Å². The van der Waals surface area contributed by atoms with E-state index in [0.717, 1.165) is 27.3 Å². The van der Waals surface area contributed by atoms with Gasteiger partial charge in [0.15, 0.2) is 0 Å². The van der Waals surface area contributed by atoms with Crippen LogP contribution in [0.5, 0.6) is 0 Å². The van der Waals surface area contributed by atoms with Gasteiger partial charge in [0.2, 0.25) is 5.91 Å². The van der Waals surface area contributed by atoms with Gasteiger partial charge in [-0.25, -0.2) is 0 Å². The molecule has 2 amide bonds. The Bertz CT molecular complexity index is 1420. The lowest BCUT2D eigenvalue weighted by molar-refractivity contribution is -0.384. The highest BCUT2D eigenvalue weighted by Gasteiger charge is 2.22. The highest BCUT2D eigenvalue weighted by atomic mass is 32.2. The predicted octanol–water partition coefficient (Wildman–Crippen LogP) is 6.94. The number of non-ortho nitro benzene ring substituents is 1. The summed E-state index contributed by atoms with van der Waals surface area (Å²) in [5, 5.41) is 16.1. The lowest BCUT2D eigenvalue weighted by Crippen LogP contribution is -2.19. The lowest BCUT2D eigenvalue weighted by atomic mass is 10.1. The van der Waals surface area contributed by atoms with Crippen molar-refractivity contribution in [3.05, 3.63) is 129 Å². The summed E-state index contributed by atoms with van der Waals surface area (Å²) >= 11 is 1.42. The molecule has 0 fully saturated rings. The third kappa shape index (κ3) is 6.62. The summed E-state index contributed by atoms with van der Waals surface area (Å²) in [7, 11) is 0. The Hall–Kier alpha value is -4.43. The highest BCUT2D eigenvalue weighted by molar-refractivity contribution is 8.00. The third-order valence-corrected chi connectivity index (χ3v) is 7.09. The molecule has 8 heteroatoms. The van der Waals surface area contributed by atoms with Gasteiger partial charge in [-0.1, -0.05) is 36.4 Å². The third-order valence-electron chi connectivity index (χ3n) is 5.82. The fourth-order valence-electron chi connectivity index (χ4n) is 3.62. The molecular formula is C29H25N3O4S. The van der Waals surface area contributed by atoms with Crippen LogP contribution in [0.4, 0.5) is 17.1 Å². The van der Waals surface area contributed by atoms with Crippen LogP contribution in [0, 0.1) is 24.0 Å². The Kier molecular flexibility index (Phi) is 8.00. The van der Waals surface area contributed by atoms with E-state index >= 15 is 0 Å². The quantitative estimate of drug-likeness (QED) is 0.152. The van der Waals surface area contributed by atoms with Gasteiger partial charge >= 0.3 is 0 Å². The van der Waals surface area contributed by atoms with Crippen LogP contribution >= 0.6 is 11.8 Å². The predicted molar refractivity (Wildman–Crippen MR) is 147 cm³/mol. The van der Waals surface area contributed by atoms with Crippen molar-refractivity contribution >= 4 is 40.6 Å². The molecule has 37 heavy (non-hydrogen) atoms. The van der Waals surface area contributed by atoms with Gasteiger partial charge in [-0.3, -0.25) is 19.7 Å². The topological polar surface area (TPSA) is 101 Å². The maximum Gasteiger partial charge on any atom is 0.269 e. The second kappa shape index (κ2) is 11.5. The van der Waals surface area contributed by atoms with Gasteiger partial charge in [0, 0.05) is 34.0 Å². The Morgan fingerprint density at radius 3 is 2.05 bits per heavy atom. The number of rotatable bonds is 8. The maximum absolute atomic E-state index is 13.3. The molecule has 4 aromatic carbocycles. The number of nitro groups is 1. The van der Waals surface area contributed by atoms with Crippen LogP contribution in [0.3, 0.4) is 0 Å². The minimum Gasteiger partial charge on any atom is -0.325 e. The van der Waals surface area contributed by atoms with Crippen LogP contribution in [0.15, 0.2) is 102 Å². The lowest BCUT2D eigenvalue weighted by Gasteiger charge is -2.18. The van der Waals surface area contributed by atoms with Crippen LogP contribution in [-0.2, 0) is 4.79 Å².